The minimum atomic E-state index is -3.86. The van der Waals surface area contributed by atoms with Crippen molar-refractivity contribution in [3.8, 4) is 0 Å². The first kappa shape index (κ1) is 40.6. The van der Waals surface area contributed by atoms with Gasteiger partial charge in [-0.3, -0.25) is 18.3 Å². The molecule has 1 aliphatic rings. The molecule has 0 saturated carbocycles. The highest BCUT2D eigenvalue weighted by atomic mass is 31.2. The van der Waals surface area contributed by atoms with E-state index in [0.29, 0.717) is 19.3 Å². The molecule has 0 radical (unpaired) electrons. The summed E-state index contributed by atoms with van der Waals surface area (Å²) in [6.45, 7) is 14.6. The fourth-order valence-electron chi connectivity index (χ4n) is 5.21. The highest BCUT2D eigenvalue weighted by Crippen LogP contribution is 2.64. The van der Waals surface area contributed by atoms with E-state index in [1.54, 1.807) is 55.4 Å². The van der Waals surface area contributed by atoms with Crippen LogP contribution in [-0.2, 0) is 54.5 Å². The van der Waals surface area contributed by atoms with Crippen molar-refractivity contribution in [2.24, 2.45) is 0 Å². The van der Waals surface area contributed by atoms with E-state index >= 15 is 0 Å². The van der Waals surface area contributed by atoms with Gasteiger partial charge in [0.05, 0.1) is 76.5 Å². The number of nitrogens with one attached hydrogen (secondary N) is 1. The molecule has 1 heterocycles. The molecule has 4 atom stereocenters. The van der Waals surface area contributed by atoms with Gasteiger partial charge in [0, 0.05) is 12.1 Å². The minimum Gasteiger partial charge on any atom is -0.309 e. The van der Waals surface area contributed by atoms with E-state index in [2.05, 4.69) is 5.32 Å². The summed E-state index contributed by atoms with van der Waals surface area (Å²) in [5, 5.41) is 3.48. The lowest BCUT2D eigenvalue weighted by Gasteiger charge is -2.42. The van der Waals surface area contributed by atoms with Crippen LogP contribution in [0.1, 0.15) is 74.7 Å². The first-order valence-corrected chi connectivity index (χ1v) is 21.9. The zero-order chi connectivity index (χ0) is 31.9. The summed E-state index contributed by atoms with van der Waals surface area (Å²) in [5.74, 6) is 0. The Kier molecular flexibility index (Phi) is 19.3. The summed E-state index contributed by atoms with van der Waals surface area (Å²) < 4.78 is 101. The highest BCUT2D eigenvalue weighted by molar-refractivity contribution is 7.59. The fraction of sp³-hybridized carbons (Fsp3) is 1.00. The van der Waals surface area contributed by atoms with E-state index in [1.165, 1.54) is 0 Å². The third-order valence-electron chi connectivity index (χ3n) is 6.56. The molecule has 1 N–H and O–H groups in total. The highest BCUT2D eigenvalue weighted by Gasteiger charge is 2.51. The second-order valence-corrected chi connectivity index (χ2v) is 18.2. The zero-order valence-corrected chi connectivity index (χ0v) is 30.3. The zero-order valence-electron chi connectivity index (χ0n) is 26.7. The summed E-state index contributed by atoms with van der Waals surface area (Å²) in [5.41, 5.74) is -1.84. The van der Waals surface area contributed by atoms with Crippen LogP contribution in [0.4, 0.5) is 0 Å². The van der Waals surface area contributed by atoms with Crippen LogP contribution in [-0.4, -0.2) is 88.6 Å². The van der Waals surface area contributed by atoms with Crippen molar-refractivity contribution < 1.29 is 54.5 Å². The standard InChI is InChI=1S/C25H55NO12P4/c1-9-31-39(27,32-10-2)20-24(41(29,35-13-5)36-14-6)22-18-17-19-23(26-22)25(42(30,37-15-7)38-16-8)21-40(28,33-11-3)34-12-4/h22-26H,9-21H2,1-8H3/t22-,23-,24?,25?/m1/s1. The molecule has 0 aliphatic carbocycles. The molecule has 1 aliphatic heterocycles. The number of hydrogen-bond donors (Lipinski definition) is 1. The third-order valence-corrected chi connectivity index (χ3v) is 16.6. The summed E-state index contributed by atoms with van der Waals surface area (Å²) in [6.07, 6.45) is 1.24. The van der Waals surface area contributed by atoms with Gasteiger partial charge in [0.2, 0.25) is 0 Å². The van der Waals surface area contributed by atoms with Crippen LogP contribution in [0.3, 0.4) is 0 Å². The van der Waals surface area contributed by atoms with Crippen LogP contribution in [0.5, 0.6) is 0 Å². The fourth-order valence-corrected chi connectivity index (χ4v) is 15.3. The lowest BCUT2D eigenvalue weighted by atomic mass is 9.95. The van der Waals surface area contributed by atoms with Crippen molar-refractivity contribution in [2.45, 2.75) is 98.1 Å². The van der Waals surface area contributed by atoms with Gasteiger partial charge in [0.1, 0.15) is 0 Å². The molecule has 0 aromatic rings. The smallest absolute Gasteiger partial charge is 0.309 e. The summed E-state index contributed by atoms with van der Waals surface area (Å²) in [6, 6.07) is -1.14. The minimum absolute atomic E-state index is 0.107. The molecular weight excluding hydrogens is 630 g/mol. The van der Waals surface area contributed by atoms with Crippen molar-refractivity contribution in [3.63, 3.8) is 0 Å². The average Bonchev–Trinajstić information content (AvgIpc) is 2.92. The van der Waals surface area contributed by atoms with Gasteiger partial charge in [-0.05, 0) is 68.2 Å². The number of rotatable bonds is 24. The quantitative estimate of drug-likeness (QED) is 0.101. The van der Waals surface area contributed by atoms with Crippen LogP contribution in [0.15, 0.2) is 0 Å². The molecule has 0 aromatic heterocycles. The second kappa shape index (κ2) is 19.9. The van der Waals surface area contributed by atoms with Crippen molar-refractivity contribution in [3.05, 3.63) is 0 Å². The predicted molar refractivity (Wildman–Crippen MR) is 165 cm³/mol. The summed E-state index contributed by atoms with van der Waals surface area (Å²) >= 11 is 0. The number of piperidine rings is 1. The maximum Gasteiger partial charge on any atom is 0.335 e. The van der Waals surface area contributed by atoms with Crippen molar-refractivity contribution in [1.29, 1.82) is 0 Å². The van der Waals surface area contributed by atoms with Gasteiger partial charge in [-0.2, -0.15) is 0 Å². The van der Waals surface area contributed by atoms with E-state index in [-0.39, 0.29) is 65.2 Å². The average molecular weight is 686 g/mol. The van der Waals surface area contributed by atoms with E-state index in [0.717, 1.165) is 0 Å². The van der Waals surface area contributed by atoms with Crippen LogP contribution in [0, 0.1) is 0 Å². The second-order valence-electron chi connectivity index (χ2n) is 9.45. The molecule has 1 saturated heterocycles. The first-order chi connectivity index (χ1) is 19.9. The third kappa shape index (κ3) is 12.1. The van der Waals surface area contributed by atoms with Crippen LogP contribution in [0.2, 0.25) is 0 Å². The Morgan fingerprint density at radius 3 is 1.00 bits per heavy atom. The molecule has 0 aromatic carbocycles. The topological polar surface area (TPSA) is 154 Å². The molecule has 0 bridgehead atoms. The molecule has 1 fully saturated rings. The maximum absolute atomic E-state index is 14.3. The van der Waals surface area contributed by atoms with E-state index in [9.17, 15) is 18.3 Å². The Balaban J connectivity index is 3.66. The van der Waals surface area contributed by atoms with Gasteiger partial charge < -0.3 is 41.5 Å². The maximum atomic E-state index is 14.3. The lowest BCUT2D eigenvalue weighted by Crippen LogP contribution is -2.54. The van der Waals surface area contributed by atoms with Gasteiger partial charge in [-0.15, -0.1) is 0 Å². The SMILES string of the molecule is CCOP(=O)(CC([C@H]1CCC[C@H](C(CP(=O)(OCC)OCC)P(=O)(OCC)OCC)N1)P(=O)(OCC)OCC)OCC. The Hall–Kier alpha value is 0.560. The van der Waals surface area contributed by atoms with Crippen LogP contribution in [0.25, 0.3) is 0 Å². The van der Waals surface area contributed by atoms with Crippen molar-refractivity contribution in [1.82, 2.24) is 5.32 Å². The van der Waals surface area contributed by atoms with E-state index in [4.69, 9.17) is 36.2 Å². The summed E-state index contributed by atoms with van der Waals surface area (Å²) in [4.78, 5) is 0. The van der Waals surface area contributed by atoms with Gasteiger partial charge in [-0.1, -0.05) is 6.42 Å². The Morgan fingerprint density at radius 1 is 0.500 bits per heavy atom. The molecular formula is C25H55NO12P4. The van der Waals surface area contributed by atoms with E-state index in [1.807, 2.05) is 0 Å². The van der Waals surface area contributed by atoms with Crippen molar-refractivity contribution >= 4 is 30.4 Å². The van der Waals surface area contributed by atoms with Gasteiger partial charge in [0.25, 0.3) is 0 Å². The van der Waals surface area contributed by atoms with E-state index < -0.39 is 53.8 Å². The van der Waals surface area contributed by atoms with Crippen LogP contribution < -0.4 is 5.32 Å². The molecule has 42 heavy (non-hydrogen) atoms. The van der Waals surface area contributed by atoms with Crippen LogP contribution >= 0.6 is 30.4 Å². The van der Waals surface area contributed by atoms with Gasteiger partial charge in [0.15, 0.2) is 0 Å². The lowest BCUT2D eigenvalue weighted by molar-refractivity contribution is 0.180. The Bertz CT molecular complexity index is 842. The monoisotopic (exact) mass is 685 g/mol. The van der Waals surface area contributed by atoms with Gasteiger partial charge >= 0.3 is 30.4 Å². The summed E-state index contributed by atoms with van der Waals surface area (Å²) in [7, 11) is -15.1. The molecule has 1 rings (SSSR count). The molecule has 17 heteroatoms. The molecule has 0 amide bonds. The first-order valence-electron chi connectivity index (χ1n) is 15.2. The predicted octanol–water partition coefficient (Wildman–Crippen LogP) is 7.30. The number of hydrogen-bond acceptors (Lipinski definition) is 13. The molecule has 2 unspecified atom stereocenters. The largest absolute Gasteiger partial charge is 0.335 e. The normalized spacial score (nSPS) is 20.5. The van der Waals surface area contributed by atoms with Gasteiger partial charge in [-0.25, -0.2) is 0 Å². The van der Waals surface area contributed by atoms with Crippen molar-refractivity contribution in [2.75, 3.05) is 65.2 Å². The molecule has 13 nitrogen and oxygen atoms in total. The molecule has 0 spiro atoms. The Morgan fingerprint density at radius 2 is 0.762 bits per heavy atom. The Labute approximate surface area is 253 Å². The molecule has 252 valence electrons.